The van der Waals surface area contributed by atoms with Crippen molar-refractivity contribution in [3.05, 3.63) is 58.1 Å². The van der Waals surface area contributed by atoms with Crippen molar-refractivity contribution in [3.8, 4) is 0 Å². The summed E-state index contributed by atoms with van der Waals surface area (Å²) in [6.45, 7) is 0. The van der Waals surface area contributed by atoms with Crippen LogP contribution in [-0.2, 0) is 6.42 Å². The Bertz CT molecular complexity index is 505. The largest absolute Gasteiger partial charge is 0.385 e. The summed E-state index contributed by atoms with van der Waals surface area (Å²) in [5.41, 5.74) is 0.777. The van der Waals surface area contributed by atoms with Crippen molar-refractivity contribution < 1.29 is 5.11 Å². The van der Waals surface area contributed by atoms with Crippen molar-refractivity contribution in [2.75, 3.05) is 0 Å². The Kier molecular flexibility index (Phi) is 3.94. The molecule has 0 spiro atoms. The molecule has 88 valence electrons. The highest BCUT2D eigenvalue weighted by Gasteiger charge is 2.14. The molecule has 0 aliphatic heterocycles. The first-order valence-corrected chi connectivity index (χ1v) is 5.82. The number of nitrogens with zero attached hydrogens (tertiary/aromatic N) is 2. The van der Waals surface area contributed by atoms with Crippen molar-refractivity contribution >= 4 is 23.2 Å². The van der Waals surface area contributed by atoms with Gasteiger partial charge in [0.15, 0.2) is 5.82 Å². The van der Waals surface area contributed by atoms with Gasteiger partial charge in [-0.25, -0.2) is 9.97 Å². The van der Waals surface area contributed by atoms with Crippen LogP contribution in [0.2, 0.25) is 10.0 Å². The van der Waals surface area contributed by atoms with E-state index in [1.807, 2.05) is 6.07 Å². The molecular formula is C12H10Cl2N2O. The number of benzene rings is 1. The third-order valence-corrected chi connectivity index (χ3v) is 3.19. The quantitative estimate of drug-likeness (QED) is 0.931. The van der Waals surface area contributed by atoms with E-state index in [-0.39, 0.29) is 0 Å². The molecule has 1 N–H and O–H groups in total. The molecule has 0 aliphatic rings. The van der Waals surface area contributed by atoms with Gasteiger partial charge in [-0.1, -0.05) is 35.3 Å². The minimum atomic E-state index is -0.785. The summed E-state index contributed by atoms with van der Waals surface area (Å²) < 4.78 is 0. The average molecular weight is 269 g/mol. The zero-order valence-corrected chi connectivity index (χ0v) is 10.4. The number of aliphatic hydroxyl groups is 1. The Balaban J connectivity index is 2.19. The van der Waals surface area contributed by atoms with Gasteiger partial charge in [0.1, 0.15) is 6.10 Å². The molecule has 0 bridgehead atoms. The van der Waals surface area contributed by atoms with E-state index < -0.39 is 6.10 Å². The molecule has 0 radical (unpaired) electrons. The van der Waals surface area contributed by atoms with Crippen LogP contribution < -0.4 is 0 Å². The lowest BCUT2D eigenvalue weighted by Gasteiger charge is -2.10. The first-order valence-electron chi connectivity index (χ1n) is 5.06. The SMILES string of the molecule is OC(Cc1cccc(Cl)c1Cl)c1ncccn1. The summed E-state index contributed by atoms with van der Waals surface area (Å²) in [5.74, 6) is 0.378. The fourth-order valence-electron chi connectivity index (χ4n) is 1.49. The van der Waals surface area contributed by atoms with Crippen LogP contribution in [0.5, 0.6) is 0 Å². The van der Waals surface area contributed by atoms with E-state index in [4.69, 9.17) is 23.2 Å². The van der Waals surface area contributed by atoms with E-state index in [1.165, 1.54) is 0 Å². The molecule has 3 nitrogen and oxygen atoms in total. The zero-order valence-electron chi connectivity index (χ0n) is 8.85. The van der Waals surface area contributed by atoms with E-state index >= 15 is 0 Å². The van der Waals surface area contributed by atoms with E-state index in [2.05, 4.69) is 9.97 Å². The lowest BCUT2D eigenvalue weighted by molar-refractivity contribution is 0.168. The molecule has 17 heavy (non-hydrogen) atoms. The molecule has 0 fully saturated rings. The molecule has 0 saturated heterocycles. The molecule has 2 rings (SSSR count). The van der Waals surface area contributed by atoms with Crippen molar-refractivity contribution in [2.45, 2.75) is 12.5 Å². The summed E-state index contributed by atoms with van der Waals surface area (Å²) in [5, 5.41) is 10.9. The van der Waals surface area contributed by atoms with Gasteiger partial charge in [0.05, 0.1) is 10.0 Å². The predicted octanol–water partition coefficient (Wildman–Crippen LogP) is 3.06. The summed E-state index contributed by atoms with van der Waals surface area (Å²) in [6, 6.07) is 7.02. The number of halogens is 2. The van der Waals surface area contributed by atoms with Crippen LogP contribution in [0.25, 0.3) is 0 Å². The predicted molar refractivity (Wildman–Crippen MR) is 67.2 cm³/mol. The van der Waals surface area contributed by atoms with Gasteiger partial charge < -0.3 is 5.11 Å². The Hall–Kier alpha value is -1.16. The Morgan fingerprint density at radius 3 is 2.53 bits per heavy atom. The first-order chi connectivity index (χ1) is 8.18. The standard InChI is InChI=1S/C12H10Cl2N2O/c13-9-4-1-3-8(11(9)14)7-10(17)12-15-5-2-6-16-12/h1-6,10,17H,7H2. The minimum Gasteiger partial charge on any atom is -0.385 e. The van der Waals surface area contributed by atoms with E-state index in [0.29, 0.717) is 22.3 Å². The molecule has 0 aliphatic carbocycles. The van der Waals surface area contributed by atoms with Gasteiger partial charge in [0, 0.05) is 18.8 Å². The van der Waals surface area contributed by atoms with Gasteiger partial charge in [-0.2, -0.15) is 0 Å². The van der Waals surface area contributed by atoms with Crippen LogP contribution in [0.15, 0.2) is 36.7 Å². The molecule has 0 saturated carbocycles. The van der Waals surface area contributed by atoms with Gasteiger partial charge >= 0.3 is 0 Å². The van der Waals surface area contributed by atoms with Crippen LogP contribution in [0, 0.1) is 0 Å². The number of aliphatic hydroxyl groups excluding tert-OH is 1. The number of hydrogen-bond acceptors (Lipinski definition) is 3. The van der Waals surface area contributed by atoms with Gasteiger partial charge in [-0.3, -0.25) is 0 Å². The molecule has 1 aromatic carbocycles. The smallest absolute Gasteiger partial charge is 0.157 e. The molecular weight excluding hydrogens is 259 g/mol. The molecule has 1 aromatic heterocycles. The highest BCUT2D eigenvalue weighted by atomic mass is 35.5. The van der Waals surface area contributed by atoms with E-state index in [0.717, 1.165) is 5.56 Å². The van der Waals surface area contributed by atoms with Crippen LogP contribution in [0.4, 0.5) is 0 Å². The molecule has 1 unspecified atom stereocenters. The topological polar surface area (TPSA) is 46.0 Å². The highest BCUT2D eigenvalue weighted by Crippen LogP contribution is 2.28. The average Bonchev–Trinajstić information content (AvgIpc) is 2.36. The van der Waals surface area contributed by atoms with Crippen LogP contribution in [-0.4, -0.2) is 15.1 Å². The maximum Gasteiger partial charge on any atom is 0.157 e. The fraction of sp³-hybridized carbons (Fsp3) is 0.167. The lowest BCUT2D eigenvalue weighted by Crippen LogP contribution is -2.06. The maximum atomic E-state index is 9.96. The number of hydrogen-bond donors (Lipinski definition) is 1. The van der Waals surface area contributed by atoms with Gasteiger partial charge in [-0.05, 0) is 17.7 Å². The zero-order chi connectivity index (χ0) is 12.3. The first kappa shape index (κ1) is 12.3. The Morgan fingerprint density at radius 1 is 1.12 bits per heavy atom. The Labute approximate surface area is 109 Å². The molecule has 5 heteroatoms. The highest BCUT2D eigenvalue weighted by molar-refractivity contribution is 6.42. The molecule has 1 atom stereocenters. The number of rotatable bonds is 3. The van der Waals surface area contributed by atoms with Crippen molar-refractivity contribution in [1.29, 1.82) is 0 Å². The van der Waals surface area contributed by atoms with Crippen LogP contribution in [0.1, 0.15) is 17.5 Å². The molecule has 2 aromatic rings. The summed E-state index contributed by atoms with van der Waals surface area (Å²) in [6.07, 6.45) is 2.73. The summed E-state index contributed by atoms with van der Waals surface area (Å²) in [4.78, 5) is 7.98. The second-order valence-electron chi connectivity index (χ2n) is 3.54. The van der Waals surface area contributed by atoms with Gasteiger partial charge in [0.2, 0.25) is 0 Å². The fourth-order valence-corrected chi connectivity index (χ4v) is 1.89. The third kappa shape index (κ3) is 2.94. The second kappa shape index (κ2) is 5.45. The maximum absolute atomic E-state index is 9.96. The normalized spacial score (nSPS) is 12.4. The van der Waals surface area contributed by atoms with Crippen LogP contribution in [0.3, 0.4) is 0 Å². The van der Waals surface area contributed by atoms with Crippen molar-refractivity contribution in [3.63, 3.8) is 0 Å². The summed E-state index contributed by atoms with van der Waals surface area (Å²) >= 11 is 11.9. The van der Waals surface area contributed by atoms with Crippen molar-refractivity contribution in [1.82, 2.24) is 9.97 Å². The molecule has 0 amide bonds. The minimum absolute atomic E-state index is 0.337. The van der Waals surface area contributed by atoms with Crippen LogP contribution >= 0.6 is 23.2 Å². The lowest BCUT2D eigenvalue weighted by atomic mass is 10.1. The second-order valence-corrected chi connectivity index (χ2v) is 4.33. The van der Waals surface area contributed by atoms with Gasteiger partial charge in [-0.15, -0.1) is 0 Å². The third-order valence-electron chi connectivity index (χ3n) is 2.33. The number of aromatic nitrogens is 2. The monoisotopic (exact) mass is 268 g/mol. The Morgan fingerprint density at radius 2 is 1.82 bits per heavy atom. The van der Waals surface area contributed by atoms with E-state index in [9.17, 15) is 5.11 Å². The van der Waals surface area contributed by atoms with Crippen molar-refractivity contribution in [2.24, 2.45) is 0 Å². The van der Waals surface area contributed by atoms with Gasteiger partial charge in [0.25, 0.3) is 0 Å². The van der Waals surface area contributed by atoms with E-state index in [1.54, 1.807) is 30.6 Å². The molecule has 1 heterocycles. The summed E-state index contributed by atoms with van der Waals surface area (Å²) in [7, 11) is 0.